The van der Waals surface area contributed by atoms with Gasteiger partial charge in [-0.15, -0.1) is 0 Å². The van der Waals surface area contributed by atoms with Crippen LogP contribution in [0.1, 0.15) is 38.2 Å². The number of primary amides is 1. The highest BCUT2D eigenvalue weighted by atomic mass is 32.2. The summed E-state index contributed by atoms with van der Waals surface area (Å²) in [6.45, 7) is 7.59. The summed E-state index contributed by atoms with van der Waals surface area (Å²) in [4.78, 5) is 11.4. The van der Waals surface area contributed by atoms with E-state index in [4.69, 9.17) is 5.73 Å². The molecule has 0 aromatic heterocycles. The van der Waals surface area contributed by atoms with Crippen molar-refractivity contribution in [3.05, 3.63) is 63.7 Å². The molecule has 128 valence electrons. The molecule has 0 radical (unpaired) electrons. The summed E-state index contributed by atoms with van der Waals surface area (Å²) < 4.78 is 28.1. The maximum absolute atomic E-state index is 12.7. The van der Waals surface area contributed by atoms with Gasteiger partial charge in [0.2, 0.25) is 15.9 Å². The molecule has 0 saturated heterocycles. The largest absolute Gasteiger partial charge is 0.366 e. The van der Waals surface area contributed by atoms with E-state index in [1.807, 2.05) is 33.8 Å². The van der Waals surface area contributed by atoms with Crippen LogP contribution in [-0.2, 0) is 16.6 Å². The molecule has 6 heteroatoms. The number of hydrogen-bond acceptors (Lipinski definition) is 3. The van der Waals surface area contributed by atoms with Gasteiger partial charge in [-0.05, 0) is 67.6 Å². The van der Waals surface area contributed by atoms with Crippen LogP contribution in [0.5, 0.6) is 0 Å². The summed E-state index contributed by atoms with van der Waals surface area (Å²) >= 11 is 0. The third-order valence-corrected chi connectivity index (χ3v) is 5.94. The minimum Gasteiger partial charge on any atom is -0.366 e. The second-order valence-corrected chi connectivity index (χ2v) is 7.68. The lowest BCUT2D eigenvalue weighted by Gasteiger charge is -2.16. The Balaban J connectivity index is 2.28. The van der Waals surface area contributed by atoms with E-state index in [0.717, 1.165) is 27.8 Å². The Hall–Kier alpha value is -2.18. The highest BCUT2D eigenvalue weighted by molar-refractivity contribution is 7.89. The molecule has 0 unspecified atom stereocenters. The first-order valence-electron chi connectivity index (χ1n) is 7.59. The van der Waals surface area contributed by atoms with Crippen LogP contribution in [0.3, 0.4) is 0 Å². The quantitative estimate of drug-likeness (QED) is 0.871. The minimum atomic E-state index is -3.63. The van der Waals surface area contributed by atoms with E-state index in [9.17, 15) is 13.2 Å². The number of nitrogens with two attached hydrogens (primary N) is 1. The molecule has 0 aliphatic carbocycles. The first kappa shape index (κ1) is 18.2. The Morgan fingerprint density at radius 1 is 1.00 bits per heavy atom. The van der Waals surface area contributed by atoms with Gasteiger partial charge in [0.05, 0.1) is 4.90 Å². The summed E-state index contributed by atoms with van der Waals surface area (Å²) in [5.74, 6) is -0.511. The normalized spacial score (nSPS) is 11.5. The fourth-order valence-corrected chi connectivity index (χ4v) is 4.25. The van der Waals surface area contributed by atoms with Crippen LogP contribution in [0.15, 0.2) is 35.2 Å². The van der Waals surface area contributed by atoms with Crippen LogP contribution >= 0.6 is 0 Å². The summed E-state index contributed by atoms with van der Waals surface area (Å²) in [7, 11) is -3.63. The van der Waals surface area contributed by atoms with Crippen molar-refractivity contribution in [3.63, 3.8) is 0 Å². The lowest BCUT2D eigenvalue weighted by Crippen LogP contribution is -2.25. The van der Waals surface area contributed by atoms with Crippen LogP contribution in [0.25, 0.3) is 0 Å². The third-order valence-electron chi connectivity index (χ3n) is 4.27. The number of benzene rings is 2. The molecular weight excluding hydrogens is 324 g/mol. The number of carbonyl (C=O) groups is 1. The second kappa shape index (κ2) is 6.75. The fourth-order valence-electron chi connectivity index (χ4n) is 2.62. The molecule has 2 rings (SSSR count). The molecule has 0 aliphatic heterocycles. The van der Waals surface area contributed by atoms with E-state index in [1.165, 1.54) is 0 Å². The van der Waals surface area contributed by atoms with E-state index in [-0.39, 0.29) is 6.54 Å². The second-order valence-electron chi connectivity index (χ2n) is 5.98. The zero-order chi connectivity index (χ0) is 18.1. The zero-order valence-corrected chi connectivity index (χ0v) is 15.1. The maximum Gasteiger partial charge on any atom is 0.248 e. The summed E-state index contributed by atoms with van der Waals surface area (Å²) in [6, 6.07) is 8.53. The van der Waals surface area contributed by atoms with Crippen molar-refractivity contribution >= 4 is 15.9 Å². The maximum atomic E-state index is 12.7. The average Bonchev–Trinajstić information content (AvgIpc) is 2.51. The molecule has 2 aromatic rings. The SMILES string of the molecule is Cc1cc(C)c(C)c(S(=O)(=O)NCc2ccc(C(N)=O)cc2)c1C. The molecule has 24 heavy (non-hydrogen) atoms. The predicted octanol–water partition coefficient (Wildman–Crippen LogP) is 2.50. The number of sulfonamides is 1. The number of carbonyl (C=O) groups excluding carboxylic acids is 1. The Kier molecular flexibility index (Phi) is 5.11. The molecule has 0 atom stereocenters. The van der Waals surface area contributed by atoms with Crippen molar-refractivity contribution < 1.29 is 13.2 Å². The molecular formula is C18H22N2O3S. The molecule has 1 amide bonds. The number of nitrogens with one attached hydrogen (secondary N) is 1. The molecule has 5 nitrogen and oxygen atoms in total. The van der Waals surface area contributed by atoms with Crippen molar-refractivity contribution in [2.24, 2.45) is 5.73 Å². The van der Waals surface area contributed by atoms with Crippen LogP contribution in [0, 0.1) is 27.7 Å². The van der Waals surface area contributed by atoms with Gasteiger partial charge < -0.3 is 5.73 Å². The zero-order valence-electron chi connectivity index (χ0n) is 14.3. The van der Waals surface area contributed by atoms with Gasteiger partial charge in [0.1, 0.15) is 0 Å². The van der Waals surface area contributed by atoms with Gasteiger partial charge in [0, 0.05) is 12.1 Å². The molecule has 0 bridgehead atoms. The molecule has 0 saturated carbocycles. The van der Waals surface area contributed by atoms with Crippen molar-refractivity contribution in [1.82, 2.24) is 4.72 Å². The third kappa shape index (κ3) is 3.66. The van der Waals surface area contributed by atoms with E-state index in [1.54, 1.807) is 24.3 Å². The highest BCUT2D eigenvalue weighted by Gasteiger charge is 2.21. The Bertz CT molecular complexity index is 859. The molecule has 3 N–H and O–H groups in total. The van der Waals surface area contributed by atoms with Crippen molar-refractivity contribution in [3.8, 4) is 0 Å². The van der Waals surface area contributed by atoms with Crippen molar-refractivity contribution in [1.29, 1.82) is 0 Å². The number of aryl methyl sites for hydroxylation is 2. The first-order chi connectivity index (χ1) is 11.1. The first-order valence-corrected chi connectivity index (χ1v) is 9.07. The van der Waals surface area contributed by atoms with Crippen LogP contribution in [0.2, 0.25) is 0 Å². The standard InChI is InChI=1S/C18H22N2O3S/c1-11-9-12(2)14(4)17(13(11)3)24(22,23)20-10-15-5-7-16(8-6-15)18(19)21/h5-9,20H,10H2,1-4H3,(H2,19,21). The van der Waals surface area contributed by atoms with Crippen molar-refractivity contribution in [2.45, 2.75) is 39.1 Å². The molecule has 2 aromatic carbocycles. The van der Waals surface area contributed by atoms with Crippen LogP contribution < -0.4 is 10.5 Å². The Labute approximate surface area is 142 Å². The Morgan fingerprint density at radius 2 is 1.50 bits per heavy atom. The minimum absolute atomic E-state index is 0.146. The average molecular weight is 346 g/mol. The summed E-state index contributed by atoms with van der Waals surface area (Å²) in [5, 5.41) is 0. The predicted molar refractivity (Wildman–Crippen MR) is 94.4 cm³/mol. The van der Waals surface area contributed by atoms with Gasteiger partial charge in [0.25, 0.3) is 0 Å². The van der Waals surface area contributed by atoms with Gasteiger partial charge in [-0.1, -0.05) is 18.2 Å². The fraction of sp³-hybridized carbons (Fsp3) is 0.278. The molecule has 0 aliphatic rings. The van der Waals surface area contributed by atoms with Crippen LogP contribution in [-0.4, -0.2) is 14.3 Å². The van der Waals surface area contributed by atoms with E-state index in [0.29, 0.717) is 10.5 Å². The smallest absolute Gasteiger partial charge is 0.248 e. The number of rotatable bonds is 5. The lowest BCUT2D eigenvalue weighted by atomic mass is 10.0. The molecule has 0 heterocycles. The van der Waals surface area contributed by atoms with Gasteiger partial charge in [-0.25, -0.2) is 13.1 Å². The van der Waals surface area contributed by atoms with Gasteiger partial charge in [0.15, 0.2) is 0 Å². The number of hydrogen-bond donors (Lipinski definition) is 2. The monoisotopic (exact) mass is 346 g/mol. The topological polar surface area (TPSA) is 89.3 Å². The van der Waals surface area contributed by atoms with Gasteiger partial charge in [-0.3, -0.25) is 4.79 Å². The molecule has 0 fully saturated rings. The molecule has 0 spiro atoms. The van der Waals surface area contributed by atoms with E-state index < -0.39 is 15.9 Å². The number of amides is 1. The van der Waals surface area contributed by atoms with Gasteiger partial charge in [-0.2, -0.15) is 0 Å². The summed E-state index contributed by atoms with van der Waals surface area (Å²) in [5.41, 5.74) is 9.75. The van der Waals surface area contributed by atoms with Crippen molar-refractivity contribution in [2.75, 3.05) is 0 Å². The van der Waals surface area contributed by atoms with E-state index >= 15 is 0 Å². The highest BCUT2D eigenvalue weighted by Crippen LogP contribution is 2.26. The lowest BCUT2D eigenvalue weighted by molar-refractivity contribution is 0.100. The van der Waals surface area contributed by atoms with E-state index in [2.05, 4.69) is 4.72 Å². The Morgan fingerprint density at radius 3 is 1.96 bits per heavy atom. The summed E-state index contributed by atoms with van der Waals surface area (Å²) in [6.07, 6.45) is 0. The van der Waals surface area contributed by atoms with Gasteiger partial charge >= 0.3 is 0 Å². The van der Waals surface area contributed by atoms with Crippen LogP contribution in [0.4, 0.5) is 0 Å².